The van der Waals surface area contributed by atoms with E-state index in [9.17, 15) is 14.4 Å². The number of fused-ring (bicyclic) bond motifs is 1. The van der Waals surface area contributed by atoms with Crippen molar-refractivity contribution < 1.29 is 29.0 Å². The highest BCUT2D eigenvalue weighted by Crippen LogP contribution is 2.38. The van der Waals surface area contributed by atoms with Gasteiger partial charge in [-0.05, 0) is 36.1 Å². The zero-order valence-electron chi connectivity index (χ0n) is 12.5. The molecule has 0 amide bonds. The van der Waals surface area contributed by atoms with Crippen molar-refractivity contribution in [3.8, 4) is 0 Å². The average molecular weight is 373 g/mol. The van der Waals surface area contributed by atoms with Gasteiger partial charge in [-0.2, -0.15) is 0 Å². The Morgan fingerprint density at radius 2 is 1.92 bits per heavy atom. The molecule has 1 aliphatic rings. The van der Waals surface area contributed by atoms with E-state index in [0.717, 1.165) is 11.1 Å². The molecule has 0 spiro atoms. The Balaban J connectivity index is 1.93. The molecular formula is C16H14Cl2O6. The highest BCUT2D eigenvalue weighted by molar-refractivity contribution is 6.42. The van der Waals surface area contributed by atoms with Crippen LogP contribution in [-0.2, 0) is 30.3 Å². The van der Waals surface area contributed by atoms with Crippen LogP contribution in [0.25, 0.3) is 0 Å². The molecule has 1 aliphatic carbocycles. The zero-order chi connectivity index (χ0) is 17.9. The number of carbonyl (C=O) groups is 3. The molecule has 0 radical (unpaired) electrons. The molecule has 0 saturated carbocycles. The number of aliphatic carboxylic acids is 1. The fourth-order valence-corrected chi connectivity index (χ4v) is 2.72. The van der Waals surface area contributed by atoms with Crippen LogP contribution in [0.2, 0.25) is 10.0 Å². The first-order valence-corrected chi connectivity index (χ1v) is 7.77. The van der Waals surface area contributed by atoms with E-state index >= 15 is 0 Å². The third-order valence-electron chi connectivity index (χ3n) is 3.45. The van der Waals surface area contributed by atoms with Crippen LogP contribution >= 0.6 is 23.2 Å². The molecule has 1 aromatic rings. The largest absolute Gasteiger partial charge is 0.479 e. The number of carboxylic acids is 1. The van der Waals surface area contributed by atoms with Crippen molar-refractivity contribution >= 4 is 41.1 Å². The van der Waals surface area contributed by atoms with Gasteiger partial charge in [0, 0.05) is 5.57 Å². The Morgan fingerprint density at radius 1 is 1.25 bits per heavy atom. The molecule has 0 saturated heterocycles. The van der Waals surface area contributed by atoms with Gasteiger partial charge in [-0.25, -0.2) is 9.59 Å². The molecular weight excluding hydrogens is 359 g/mol. The van der Waals surface area contributed by atoms with Crippen LogP contribution in [0.4, 0.5) is 0 Å². The molecule has 128 valence electrons. The van der Waals surface area contributed by atoms with Crippen molar-refractivity contribution in [3.63, 3.8) is 0 Å². The van der Waals surface area contributed by atoms with E-state index in [1.807, 2.05) is 0 Å². The summed E-state index contributed by atoms with van der Waals surface area (Å²) in [6.07, 6.45) is 0.440. The Kier molecular flexibility index (Phi) is 5.85. The summed E-state index contributed by atoms with van der Waals surface area (Å²) >= 11 is 11.9. The lowest BCUT2D eigenvalue weighted by Gasteiger charge is -2.14. The van der Waals surface area contributed by atoms with Crippen LogP contribution in [0.1, 0.15) is 30.1 Å². The van der Waals surface area contributed by atoms with E-state index in [2.05, 4.69) is 11.3 Å². The van der Waals surface area contributed by atoms with Crippen molar-refractivity contribution in [2.75, 3.05) is 6.61 Å². The lowest BCUT2D eigenvalue weighted by Crippen LogP contribution is -2.17. The third kappa shape index (κ3) is 4.49. The van der Waals surface area contributed by atoms with Crippen molar-refractivity contribution in [2.24, 2.45) is 0 Å². The van der Waals surface area contributed by atoms with Crippen LogP contribution < -0.4 is 0 Å². The first kappa shape index (κ1) is 18.3. The van der Waals surface area contributed by atoms with Gasteiger partial charge in [-0.3, -0.25) is 4.79 Å². The summed E-state index contributed by atoms with van der Waals surface area (Å²) in [5.74, 6) is -2.90. The topological polar surface area (TPSA) is 89.9 Å². The second-order valence-electron chi connectivity index (χ2n) is 5.23. The number of esters is 2. The molecule has 1 aromatic carbocycles. The lowest BCUT2D eigenvalue weighted by atomic mass is 10.1. The summed E-state index contributed by atoms with van der Waals surface area (Å²) in [6, 6.07) is 3.41. The van der Waals surface area contributed by atoms with Gasteiger partial charge in [0.15, 0.2) is 6.61 Å². The number of rotatable bonds is 6. The molecule has 2 rings (SSSR count). The maximum Gasteiger partial charge on any atom is 0.341 e. The highest BCUT2D eigenvalue weighted by atomic mass is 35.5. The predicted octanol–water partition coefficient (Wildman–Crippen LogP) is 3.10. The fraction of sp³-hybridized carbons (Fsp3) is 0.312. The minimum absolute atomic E-state index is 0.173. The van der Waals surface area contributed by atoms with E-state index in [4.69, 9.17) is 33.0 Å². The molecule has 1 unspecified atom stereocenters. The van der Waals surface area contributed by atoms with E-state index in [1.54, 1.807) is 12.1 Å². The number of aryl methyl sites for hydroxylation is 1. The van der Waals surface area contributed by atoms with E-state index in [1.165, 1.54) is 0 Å². The first-order chi connectivity index (χ1) is 11.3. The molecule has 0 fully saturated rings. The summed E-state index contributed by atoms with van der Waals surface area (Å²) < 4.78 is 9.80. The predicted molar refractivity (Wildman–Crippen MR) is 86.0 cm³/mol. The molecule has 24 heavy (non-hydrogen) atoms. The van der Waals surface area contributed by atoms with Gasteiger partial charge in [0.1, 0.15) is 6.10 Å². The van der Waals surface area contributed by atoms with Crippen LogP contribution in [0.5, 0.6) is 0 Å². The van der Waals surface area contributed by atoms with Gasteiger partial charge < -0.3 is 14.6 Å². The van der Waals surface area contributed by atoms with Crippen molar-refractivity contribution in [1.82, 2.24) is 0 Å². The van der Waals surface area contributed by atoms with Gasteiger partial charge in [0.25, 0.3) is 0 Å². The number of benzene rings is 1. The molecule has 8 heteroatoms. The Bertz CT molecular complexity index is 713. The molecule has 1 atom stereocenters. The maximum atomic E-state index is 11.9. The SMILES string of the molecule is C=C(CC(=O)OC1CCc2cc(Cl)c(Cl)cc21)C(=O)OCC(=O)O. The molecule has 0 aromatic heterocycles. The van der Waals surface area contributed by atoms with Crippen molar-refractivity contribution in [1.29, 1.82) is 0 Å². The van der Waals surface area contributed by atoms with Crippen molar-refractivity contribution in [3.05, 3.63) is 45.5 Å². The zero-order valence-corrected chi connectivity index (χ0v) is 14.0. The standard InChI is InChI=1S/C16H14Cl2O6/c1-8(16(22)23-7-14(19)20)4-15(21)24-13-3-2-9-5-11(17)12(18)6-10(9)13/h5-6,13H,1-4,7H2,(H,19,20). The number of hydrogen-bond donors (Lipinski definition) is 1. The maximum absolute atomic E-state index is 11.9. The van der Waals surface area contributed by atoms with E-state index in [0.29, 0.717) is 22.9 Å². The number of ether oxygens (including phenoxy) is 2. The molecule has 1 N–H and O–H groups in total. The second-order valence-corrected chi connectivity index (χ2v) is 6.05. The Labute approximate surface area is 147 Å². The molecule has 0 heterocycles. The smallest absolute Gasteiger partial charge is 0.341 e. The second kappa shape index (κ2) is 7.68. The minimum Gasteiger partial charge on any atom is -0.479 e. The lowest BCUT2D eigenvalue weighted by molar-refractivity contribution is -0.154. The summed E-state index contributed by atoms with van der Waals surface area (Å²) in [6.45, 7) is 2.62. The summed E-state index contributed by atoms with van der Waals surface area (Å²) in [5, 5.41) is 9.25. The van der Waals surface area contributed by atoms with E-state index in [-0.39, 0.29) is 12.0 Å². The van der Waals surface area contributed by atoms with Gasteiger partial charge in [0.2, 0.25) is 0 Å². The number of halogens is 2. The quantitative estimate of drug-likeness (QED) is 0.609. The molecule has 0 aliphatic heterocycles. The summed E-state index contributed by atoms with van der Waals surface area (Å²) in [7, 11) is 0. The normalized spacial score (nSPS) is 15.5. The number of hydrogen-bond acceptors (Lipinski definition) is 5. The Hall–Kier alpha value is -2.05. The molecule has 0 bridgehead atoms. The van der Waals surface area contributed by atoms with Gasteiger partial charge >= 0.3 is 17.9 Å². The van der Waals surface area contributed by atoms with Gasteiger partial charge in [0.05, 0.1) is 16.5 Å². The first-order valence-electron chi connectivity index (χ1n) is 7.02. The summed E-state index contributed by atoms with van der Waals surface area (Å²) in [4.78, 5) is 33.8. The van der Waals surface area contributed by atoms with Crippen LogP contribution in [0.3, 0.4) is 0 Å². The fourth-order valence-electron chi connectivity index (χ4n) is 2.36. The molecule has 6 nitrogen and oxygen atoms in total. The van der Waals surface area contributed by atoms with Gasteiger partial charge in [-0.1, -0.05) is 29.8 Å². The average Bonchev–Trinajstić information content (AvgIpc) is 2.87. The van der Waals surface area contributed by atoms with Crippen molar-refractivity contribution in [2.45, 2.75) is 25.4 Å². The van der Waals surface area contributed by atoms with E-state index < -0.39 is 30.6 Å². The number of carboxylic acid groups (broad SMARTS) is 1. The third-order valence-corrected chi connectivity index (χ3v) is 4.17. The summed E-state index contributed by atoms with van der Waals surface area (Å²) in [5.41, 5.74) is 1.58. The number of carbonyl (C=O) groups excluding carboxylic acids is 2. The highest BCUT2D eigenvalue weighted by Gasteiger charge is 2.27. The van der Waals surface area contributed by atoms with Gasteiger partial charge in [-0.15, -0.1) is 0 Å². The van der Waals surface area contributed by atoms with Crippen LogP contribution in [-0.4, -0.2) is 29.6 Å². The van der Waals surface area contributed by atoms with Crippen LogP contribution in [0, 0.1) is 0 Å². The monoisotopic (exact) mass is 372 g/mol. The van der Waals surface area contributed by atoms with Crippen LogP contribution in [0.15, 0.2) is 24.3 Å². The Morgan fingerprint density at radius 3 is 2.58 bits per heavy atom. The minimum atomic E-state index is -1.29.